The van der Waals surface area contributed by atoms with E-state index in [2.05, 4.69) is 32.6 Å². The lowest BCUT2D eigenvalue weighted by atomic mass is 10.1. The van der Waals surface area contributed by atoms with Gasteiger partial charge in [-0.05, 0) is 6.92 Å². The Balaban J connectivity index is 1.79. The molecule has 0 unspecified atom stereocenters. The predicted octanol–water partition coefficient (Wildman–Crippen LogP) is 2.25. The van der Waals surface area contributed by atoms with Gasteiger partial charge in [-0.1, -0.05) is 24.3 Å². The van der Waals surface area contributed by atoms with Gasteiger partial charge in [0.25, 0.3) is 0 Å². The van der Waals surface area contributed by atoms with Crippen LogP contribution in [-0.2, 0) is 6.54 Å². The third-order valence-electron chi connectivity index (χ3n) is 3.09. The van der Waals surface area contributed by atoms with E-state index in [0.29, 0.717) is 0 Å². The highest BCUT2D eigenvalue weighted by Gasteiger charge is 2.05. The lowest BCUT2D eigenvalue weighted by Crippen LogP contribution is -2.11. The molecule has 0 aliphatic carbocycles. The maximum absolute atomic E-state index is 4.24. The fourth-order valence-electron chi connectivity index (χ4n) is 2.09. The second-order valence-electron chi connectivity index (χ2n) is 4.41. The number of hydrogen-bond donors (Lipinski definition) is 1. The van der Waals surface area contributed by atoms with Gasteiger partial charge < -0.3 is 9.88 Å². The molecule has 0 amide bonds. The van der Waals surface area contributed by atoms with Crippen LogP contribution in [0, 0.1) is 6.92 Å². The Hall–Kier alpha value is -2.43. The van der Waals surface area contributed by atoms with Crippen molar-refractivity contribution in [1.29, 1.82) is 0 Å². The van der Waals surface area contributed by atoms with Gasteiger partial charge in [-0.2, -0.15) is 5.10 Å². The van der Waals surface area contributed by atoms with Crippen LogP contribution in [0.1, 0.15) is 5.69 Å². The number of aryl methyl sites for hydroxylation is 1. The standard InChI is InChI=1S/C14H15N5/c1-11-12-4-2-3-5-13(12)14(18-17-11)16-7-9-19-8-6-15-10-19/h2-6,8,10H,7,9H2,1H3,(H,16,18). The lowest BCUT2D eigenvalue weighted by molar-refractivity contribution is 0.724. The molecule has 3 aromatic rings. The van der Waals surface area contributed by atoms with Crippen molar-refractivity contribution in [1.82, 2.24) is 19.7 Å². The van der Waals surface area contributed by atoms with E-state index in [-0.39, 0.29) is 0 Å². The monoisotopic (exact) mass is 253 g/mol. The van der Waals surface area contributed by atoms with Gasteiger partial charge in [0, 0.05) is 36.3 Å². The van der Waals surface area contributed by atoms with E-state index in [0.717, 1.165) is 35.4 Å². The summed E-state index contributed by atoms with van der Waals surface area (Å²) in [6.07, 6.45) is 5.53. The summed E-state index contributed by atoms with van der Waals surface area (Å²) in [5.74, 6) is 0.835. The highest BCUT2D eigenvalue weighted by atomic mass is 15.2. The van der Waals surface area contributed by atoms with E-state index >= 15 is 0 Å². The first-order chi connectivity index (χ1) is 9.34. The van der Waals surface area contributed by atoms with Crippen molar-refractivity contribution in [3.63, 3.8) is 0 Å². The van der Waals surface area contributed by atoms with Crippen molar-refractivity contribution in [2.45, 2.75) is 13.5 Å². The summed E-state index contributed by atoms with van der Waals surface area (Å²) < 4.78 is 2.02. The van der Waals surface area contributed by atoms with Crippen LogP contribution < -0.4 is 5.32 Å². The molecule has 0 fully saturated rings. The molecular formula is C14H15N5. The number of aromatic nitrogens is 4. The van der Waals surface area contributed by atoms with Crippen LogP contribution in [0.4, 0.5) is 5.82 Å². The van der Waals surface area contributed by atoms with Crippen LogP contribution >= 0.6 is 0 Å². The Labute approximate surface area is 111 Å². The Kier molecular flexibility index (Phi) is 3.10. The van der Waals surface area contributed by atoms with Crippen molar-refractivity contribution in [2.75, 3.05) is 11.9 Å². The second kappa shape index (κ2) is 5.06. The summed E-state index contributed by atoms with van der Waals surface area (Å²) in [5.41, 5.74) is 0.954. The molecule has 0 saturated carbocycles. The molecule has 0 bridgehead atoms. The number of hydrogen-bond acceptors (Lipinski definition) is 4. The van der Waals surface area contributed by atoms with E-state index in [9.17, 15) is 0 Å². The summed E-state index contributed by atoms with van der Waals surface area (Å²) in [6, 6.07) is 8.17. The minimum atomic E-state index is 0.790. The first-order valence-electron chi connectivity index (χ1n) is 6.26. The van der Waals surface area contributed by atoms with Gasteiger partial charge in [0.2, 0.25) is 0 Å². The second-order valence-corrected chi connectivity index (χ2v) is 4.41. The number of benzene rings is 1. The van der Waals surface area contributed by atoms with Gasteiger partial charge in [0.1, 0.15) is 0 Å². The minimum absolute atomic E-state index is 0.790. The van der Waals surface area contributed by atoms with Gasteiger partial charge in [-0.15, -0.1) is 5.10 Å². The molecule has 1 N–H and O–H groups in total. The quantitative estimate of drug-likeness (QED) is 0.774. The Morgan fingerprint density at radius 3 is 2.79 bits per heavy atom. The Morgan fingerprint density at radius 1 is 1.16 bits per heavy atom. The van der Waals surface area contributed by atoms with E-state index in [1.807, 2.05) is 29.8 Å². The highest BCUT2D eigenvalue weighted by molar-refractivity contribution is 5.92. The van der Waals surface area contributed by atoms with Crippen LogP contribution in [0.25, 0.3) is 10.8 Å². The molecular weight excluding hydrogens is 238 g/mol. The zero-order valence-electron chi connectivity index (χ0n) is 10.7. The van der Waals surface area contributed by atoms with Crippen molar-refractivity contribution in [2.24, 2.45) is 0 Å². The topological polar surface area (TPSA) is 55.6 Å². The Bertz CT molecular complexity index is 675. The molecule has 0 aliphatic heterocycles. The molecule has 0 saturated heterocycles. The summed E-state index contributed by atoms with van der Waals surface area (Å²) in [4.78, 5) is 4.02. The maximum Gasteiger partial charge on any atom is 0.156 e. The SMILES string of the molecule is Cc1nnc(NCCn2ccnc2)c2ccccc12. The third kappa shape index (κ3) is 2.40. The van der Waals surface area contributed by atoms with E-state index < -0.39 is 0 Å². The summed E-state index contributed by atoms with van der Waals surface area (Å²) in [7, 11) is 0. The third-order valence-corrected chi connectivity index (χ3v) is 3.09. The van der Waals surface area contributed by atoms with Gasteiger partial charge in [-0.25, -0.2) is 4.98 Å². The van der Waals surface area contributed by atoms with Crippen molar-refractivity contribution in [3.8, 4) is 0 Å². The van der Waals surface area contributed by atoms with Gasteiger partial charge >= 0.3 is 0 Å². The molecule has 3 rings (SSSR count). The molecule has 1 aromatic carbocycles. The molecule has 5 heteroatoms. The number of nitrogens with zero attached hydrogens (tertiary/aromatic N) is 4. The van der Waals surface area contributed by atoms with Crippen LogP contribution in [0.2, 0.25) is 0 Å². The van der Waals surface area contributed by atoms with Crippen molar-refractivity contribution < 1.29 is 0 Å². The van der Waals surface area contributed by atoms with Crippen LogP contribution in [0.5, 0.6) is 0 Å². The lowest BCUT2D eigenvalue weighted by Gasteiger charge is -2.09. The van der Waals surface area contributed by atoms with E-state index in [1.165, 1.54) is 0 Å². The van der Waals surface area contributed by atoms with Crippen molar-refractivity contribution >= 4 is 16.6 Å². The van der Waals surface area contributed by atoms with Gasteiger partial charge in [-0.3, -0.25) is 0 Å². The van der Waals surface area contributed by atoms with Crippen LogP contribution in [0.15, 0.2) is 43.0 Å². The molecule has 2 heterocycles. The largest absolute Gasteiger partial charge is 0.366 e. The Morgan fingerprint density at radius 2 is 2.00 bits per heavy atom. The number of imidazole rings is 1. The van der Waals surface area contributed by atoms with Gasteiger partial charge in [0.05, 0.1) is 12.0 Å². The predicted molar refractivity (Wildman–Crippen MR) is 75.0 cm³/mol. The van der Waals surface area contributed by atoms with Crippen molar-refractivity contribution in [3.05, 3.63) is 48.7 Å². The van der Waals surface area contributed by atoms with Crippen LogP contribution in [-0.4, -0.2) is 26.3 Å². The summed E-state index contributed by atoms with van der Waals surface area (Å²) in [5, 5.41) is 14.0. The van der Waals surface area contributed by atoms with E-state index in [4.69, 9.17) is 0 Å². The molecule has 96 valence electrons. The zero-order chi connectivity index (χ0) is 13.1. The fraction of sp³-hybridized carbons (Fsp3) is 0.214. The number of nitrogens with one attached hydrogen (secondary N) is 1. The van der Waals surface area contributed by atoms with Gasteiger partial charge in [0.15, 0.2) is 5.82 Å². The molecule has 0 spiro atoms. The highest BCUT2D eigenvalue weighted by Crippen LogP contribution is 2.21. The molecule has 2 aromatic heterocycles. The number of fused-ring (bicyclic) bond motifs is 1. The first kappa shape index (κ1) is 11.6. The van der Waals surface area contributed by atoms with E-state index in [1.54, 1.807) is 12.5 Å². The number of anilines is 1. The fourth-order valence-corrected chi connectivity index (χ4v) is 2.09. The average Bonchev–Trinajstić information content (AvgIpc) is 2.95. The molecule has 0 aliphatic rings. The average molecular weight is 253 g/mol. The number of rotatable bonds is 4. The molecule has 19 heavy (non-hydrogen) atoms. The molecule has 0 radical (unpaired) electrons. The zero-order valence-corrected chi connectivity index (χ0v) is 10.7. The minimum Gasteiger partial charge on any atom is -0.366 e. The molecule has 5 nitrogen and oxygen atoms in total. The first-order valence-corrected chi connectivity index (χ1v) is 6.26. The maximum atomic E-state index is 4.24. The van der Waals surface area contributed by atoms with Crippen LogP contribution in [0.3, 0.4) is 0 Å². The summed E-state index contributed by atoms with van der Waals surface area (Å²) >= 11 is 0. The summed E-state index contributed by atoms with van der Waals surface area (Å²) in [6.45, 7) is 3.62. The normalized spacial score (nSPS) is 10.8. The smallest absolute Gasteiger partial charge is 0.156 e. The molecule has 0 atom stereocenters.